The summed E-state index contributed by atoms with van der Waals surface area (Å²) >= 11 is 0. The largest absolute Gasteiger partial charge is 0.270 e. The molecule has 0 aromatic rings. The van der Waals surface area contributed by atoms with Crippen LogP contribution in [0, 0.1) is 0 Å². The zero-order valence-electron chi connectivity index (χ0n) is 4.77. The van der Waals surface area contributed by atoms with Gasteiger partial charge in [-0.05, 0) is 24.7 Å². The van der Waals surface area contributed by atoms with E-state index in [0.29, 0.717) is 0 Å². The molecule has 0 saturated carbocycles. The van der Waals surface area contributed by atoms with Gasteiger partial charge in [-0.15, -0.1) is 10.7 Å². The molecule has 0 aliphatic carbocycles. The first kappa shape index (κ1) is 6.92. The summed E-state index contributed by atoms with van der Waals surface area (Å²) in [5.41, 5.74) is 0. The van der Waals surface area contributed by atoms with Crippen LogP contribution in [-0.4, -0.2) is 12.4 Å². The number of hydrogen-bond donors (Lipinski definition) is 1. The van der Waals surface area contributed by atoms with Gasteiger partial charge in [0.15, 0.2) is 0 Å². The Balaban J connectivity index is 3.60. The molecule has 0 rings (SSSR count). The highest BCUT2D eigenvalue weighted by Crippen LogP contribution is 2.01. The van der Waals surface area contributed by atoms with Gasteiger partial charge in [0.25, 0.3) is 0 Å². The van der Waals surface area contributed by atoms with Crippen LogP contribution >= 0.6 is 10.7 Å². The summed E-state index contributed by atoms with van der Waals surface area (Å²) in [4.78, 5) is 0. The van der Waals surface area contributed by atoms with Crippen molar-refractivity contribution in [1.82, 2.24) is 4.72 Å². The minimum Gasteiger partial charge on any atom is -0.270 e. The second-order valence-corrected chi connectivity index (χ2v) is 2.93. The van der Waals surface area contributed by atoms with Gasteiger partial charge in [0, 0.05) is 0 Å². The lowest BCUT2D eigenvalue weighted by Gasteiger charge is -1.94. The molecule has 0 radical (unpaired) electrons. The van der Waals surface area contributed by atoms with Crippen molar-refractivity contribution in [1.29, 1.82) is 0 Å². The van der Waals surface area contributed by atoms with Gasteiger partial charge in [0.1, 0.15) is 0 Å². The molecule has 0 heterocycles. The van der Waals surface area contributed by atoms with Crippen molar-refractivity contribution in [3.63, 3.8) is 0 Å². The topological polar surface area (TPSA) is 12.0 Å². The van der Waals surface area contributed by atoms with E-state index < -0.39 is 0 Å². The van der Waals surface area contributed by atoms with Crippen LogP contribution in [0.3, 0.4) is 0 Å². The van der Waals surface area contributed by atoms with Crippen molar-refractivity contribution in [3.8, 4) is 0 Å². The average Bonchev–Trinajstić information content (AvgIpc) is 1.72. The third-order valence-electron chi connectivity index (χ3n) is 0.669. The monoisotopic (exact) mass is 117 g/mol. The number of nitrogens with one attached hydrogen (secondary N) is 1. The molecule has 0 aliphatic heterocycles. The highest BCUT2D eigenvalue weighted by molar-refractivity contribution is 8.15. The molecular weight excluding hydrogens is 106 g/mol. The smallest absolute Gasteiger partial charge is 0.00582 e. The summed E-state index contributed by atoms with van der Waals surface area (Å²) in [5.74, 6) is 0. The van der Waals surface area contributed by atoms with E-state index in [2.05, 4.69) is 16.7 Å². The van der Waals surface area contributed by atoms with Crippen LogP contribution in [0.25, 0.3) is 0 Å². The molecule has 1 nitrogen and oxygen atoms in total. The van der Waals surface area contributed by atoms with Crippen molar-refractivity contribution >= 4 is 16.0 Å². The van der Waals surface area contributed by atoms with Crippen LogP contribution < -0.4 is 4.72 Å². The van der Waals surface area contributed by atoms with Gasteiger partial charge in [0.05, 0.1) is 0 Å². The molecule has 42 valence electrons. The molecule has 0 aromatic carbocycles. The Bertz CT molecular complexity index is 86.1. The first-order chi connectivity index (χ1) is 3.35. The van der Waals surface area contributed by atoms with Crippen LogP contribution in [0.2, 0.25) is 0 Å². The van der Waals surface area contributed by atoms with Crippen molar-refractivity contribution in [2.24, 2.45) is 0 Å². The molecule has 0 fully saturated rings. The third-order valence-corrected chi connectivity index (χ3v) is 2.01. The summed E-state index contributed by atoms with van der Waals surface area (Å²) in [7, 11) is 2.06. The fourth-order valence-electron chi connectivity index (χ4n) is 0.297. The molecule has 7 heavy (non-hydrogen) atoms. The second-order valence-electron chi connectivity index (χ2n) is 0.978. The highest BCUT2D eigenvalue weighted by atomic mass is 32.2. The lowest BCUT2D eigenvalue weighted by molar-refractivity contribution is 1.30. The minimum absolute atomic E-state index is 0.144. The van der Waals surface area contributed by atoms with Crippen LogP contribution in [0.5, 0.6) is 0 Å². The van der Waals surface area contributed by atoms with Gasteiger partial charge in [-0.1, -0.05) is 6.58 Å². The van der Waals surface area contributed by atoms with E-state index in [0.717, 1.165) is 0 Å². The summed E-state index contributed by atoms with van der Waals surface area (Å²) in [6.45, 7) is 5.64. The maximum absolute atomic E-state index is 3.62. The maximum Gasteiger partial charge on any atom is -0.00582 e. The summed E-state index contributed by atoms with van der Waals surface area (Å²) < 4.78 is 3.06. The van der Waals surface area contributed by atoms with E-state index in [1.165, 1.54) is 0 Å². The quantitative estimate of drug-likeness (QED) is 0.538. The molecule has 0 bridgehead atoms. The SMILES string of the molecule is C=C/S(=C\C)NC. The summed E-state index contributed by atoms with van der Waals surface area (Å²) in [6.07, 6.45) is 0. The standard InChI is InChI=1S/C5H11NS/c1-4-7(5-2)6-3/h4-6H,1H2,2-3H3. The van der Waals surface area contributed by atoms with Gasteiger partial charge < -0.3 is 0 Å². The molecular formula is C5H11NS. The minimum atomic E-state index is 0.144. The predicted octanol–water partition coefficient (Wildman–Crippen LogP) is 1.36. The molecule has 2 heteroatoms. The molecule has 1 atom stereocenters. The third kappa shape index (κ3) is 2.60. The summed E-state index contributed by atoms with van der Waals surface area (Å²) in [5, 5.41) is 3.97. The second kappa shape index (κ2) is 4.09. The van der Waals surface area contributed by atoms with E-state index in [-0.39, 0.29) is 10.7 Å². The normalized spacial score (nSPS) is 14.0. The van der Waals surface area contributed by atoms with Crippen molar-refractivity contribution in [2.75, 3.05) is 7.05 Å². The first-order valence-electron chi connectivity index (χ1n) is 2.16. The molecule has 1 N–H and O–H groups in total. The Kier molecular flexibility index (Phi) is 4.04. The Morgan fingerprint density at radius 3 is 2.29 bits per heavy atom. The fourth-order valence-corrected chi connectivity index (χ4v) is 0.892. The molecule has 0 aromatic heterocycles. The molecule has 0 amide bonds. The molecule has 1 unspecified atom stereocenters. The Labute approximate surface area is 47.5 Å². The maximum atomic E-state index is 3.62. The zero-order valence-corrected chi connectivity index (χ0v) is 5.59. The average molecular weight is 117 g/mol. The van der Waals surface area contributed by atoms with E-state index in [1.54, 1.807) is 0 Å². The Morgan fingerprint density at radius 2 is 2.29 bits per heavy atom. The Morgan fingerprint density at radius 1 is 1.71 bits per heavy atom. The summed E-state index contributed by atoms with van der Waals surface area (Å²) in [6, 6.07) is 0. The van der Waals surface area contributed by atoms with Gasteiger partial charge >= 0.3 is 0 Å². The van der Waals surface area contributed by atoms with Gasteiger partial charge in [-0.3, -0.25) is 4.72 Å². The van der Waals surface area contributed by atoms with E-state index in [4.69, 9.17) is 0 Å². The molecule has 0 spiro atoms. The van der Waals surface area contributed by atoms with Crippen molar-refractivity contribution in [2.45, 2.75) is 6.92 Å². The van der Waals surface area contributed by atoms with Crippen LogP contribution in [0.4, 0.5) is 0 Å². The predicted molar refractivity (Wildman–Crippen MR) is 38.6 cm³/mol. The van der Waals surface area contributed by atoms with Gasteiger partial charge in [0.2, 0.25) is 0 Å². The van der Waals surface area contributed by atoms with Gasteiger partial charge in [-0.25, -0.2) is 0 Å². The van der Waals surface area contributed by atoms with Crippen LogP contribution in [-0.2, 0) is 0 Å². The molecule has 0 aliphatic rings. The zero-order chi connectivity index (χ0) is 5.70. The van der Waals surface area contributed by atoms with Crippen LogP contribution in [0.1, 0.15) is 6.92 Å². The van der Waals surface area contributed by atoms with Gasteiger partial charge in [-0.2, -0.15) is 0 Å². The van der Waals surface area contributed by atoms with Crippen molar-refractivity contribution in [3.05, 3.63) is 12.0 Å². The first-order valence-corrected chi connectivity index (χ1v) is 3.51. The Hall–Kier alpha value is -0.0800. The van der Waals surface area contributed by atoms with E-state index >= 15 is 0 Å². The lowest BCUT2D eigenvalue weighted by Crippen LogP contribution is -1.92. The van der Waals surface area contributed by atoms with E-state index in [1.807, 2.05) is 19.4 Å². The number of hydrogen-bond acceptors (Lipinski definition) is 1. The highest BCUT2D eigenvalue weighted by Gasteiger charge is 1.72. The fraction of sp³-hybridized carbons (Fsp3) is 0.400. The van der Waals surface area contributed by atoms with E-state index in [9.17, 15) is 0 Å². The van der Waals surface area contributed by atoms with Crippen molar-refractivity contribution < 1.29 is 0 Å². The van der Waals surface area contributed by atoms with Crippen LogP contribution in [0.15, 0.2) is 12.0 Å². The lowest BCUT2D eigenvalue weighted by atomic mass is 11.0. The number of rotatable bonds is 2. The molecule has 0 saturated heterocycles.